The van der Waals surface area contributed by atoms with E-state index in [9.17, 15) is 18.0 Å². The van der Waals surface area contributed by atoms with Gasteiger partial charge in [0.2, 0.25) is 5.91 Å². The summed E-state index contributed by atoms with van der Waals surface area (Å²) in [4.78, 5) is 22.0. The molecule has 0 saturated heterocycles. The first-order chi connectivity index (χ1) is 12.3. The van der Waals surface area contributed by atoms with Gasteiger partial charge in [-0.15, -0.1) is 0 Å². The molecule has 2 aromatic rings. The number of alkyl halides is 3. The number of aryl methyl sites for hydroxylation is 2. The Morgan fingerprint density at radius 1 is 1.31 bits per heavy atom. The largest absolute Gasteiger partial charge is 0.406 e. The minimum atomic E-state index is -4.47. The van der Waals surface area contributed by atoms with Crippen LogP contribution in [0.3, 0.4) is 0 Å². The maximum absolute atomic E-state index is 13.2. The number of hydrogen-bond acceptors (Lipinski definition) is 3. The number of hydrogen-bond donors (Lipinski definition) is 0. The maximum Gasteiger partial charge on any atom is 0.406 e. The summed E-state index contributed by atoms with van der Waals surface area (Å²) in [5.41, 5.74) is 2.98. The van der Waals surface area contributed by atoms with Crippen LogP contribution in [0.25, 0.3) is 0 Å². The van der Waals surface area contributed by atoms with Crippen molar-refractivity contribution in [2.45, 2.75) is 44.8 Å². The topological polar surface area (TPSA) is 46.1 Å². The summed E-state index contributed by atoms with van der Waals surface area (Å²) in [6, 6.07) is 4.74. The van der Waals surface area contributed by atoms with Gasteiger partial charge in [0.05, 0.1) is 18.2 Å². The molecule has 0 aliphatic heterocycles. The number of carbonyl (C=O) groups is 1. The van der Waals surface area contributed by atoms with Crippen LogP contribution in [-0.4, -0.2) is 33.5 Å². The van der Waals surface area contributed by atoms with Gasteiger partial charge in [-0.25, -0.2) is 0 Å². The fourth-order valence-corrected chi connectivity index (χ4v) is 3.40. The number of rotatable bonds is 4. The molecule has 138 valence electrons. The lowest BCUT2D eigenvalue weighted by molar-refractivity contribution is -0.166. The minimum absolute atomic E-state index is 0.103. The highest BCUT2D eigenvalue weighted by molar-refractivity contribution is 5.79. The first-order valence-corrected chi connectivity index (χ1v) is 8.54. The van der Waals surface area contributed by atoms with Crippen LogP contribution in [0.2, 0.25) is 0 Å². The van der Waals surface area contributed by atoms with Crippen LogP contribution in [0, 0.1) is 6.92 Å². The predicted octanol–water partition coefficient (Wildman–Crippen LogP) is 3.80. The van der Waals surface area contributed by atoms with E-state index >= 15 is 0 Å². The lowest BCUT2D eigenvalue weighted by Gasteiger charge is -2.35. The first-order valence-electron chi connectivity index (χ1n) is 8.54. The number of fused-ring (bicyclic) bond motifs is 1. The molecule has 0 bridgehead atoms. The molecular weight excluding hydrogens is 343 g/mol. The quantitative estimate of drug-likeness (QED) is 0.830. The van der Waals surface area contributed by atoms with Crippen LogP contribution >= 0.6 is 0 Å². The molecule has 1 atom stereocenters. The Labute approximate surface area is 150 Å². The van der Waals surface area contributed by atoms with Gasteiger partial charge in [-0.05, 0) is 55.0 Å². The van der Waals surface area contributed by atoms with E-state index in [0.29, 0.717) is 17.7 Å². The number of nitrogens with zero attached hydrogens (tertiary/aromatic N) is 3. The smallest absolute Gasteiger partial charge is 0.325 e. The molecule has 0 radical (unpaired) electrons. The molecule has 26 heavy (non-hydrogen) atoms. The van der Waals surface area contributed by atoms with Gasteiger partial charge in [0, 0.05) is 18.6 Å². The van der Waals surface area contributed by atoms with E-state index in [1.54, 1.807) is 24.5 Å². The van der Waals surface area contributed by atoms with Crippen molar-refractivity contribution >= 4 is 5.91 Å². The Bertz CT molecular complexity index is 792. The molecule has 2 aromatic heterocycles. The van der Waals surface area contributed by atoms with Crippen LogP contribution in [0.15, 0.2) is 36.8 Å². The highest BCUT2D eigenvalue weighted by Gasteiger charge is 2.38. The summed E-state index contributed by atoms with van der Waals surface area (Å²) in [6.07, 6.45) is 2.12. The maximum atomic E-state index is 13.2. The Hall–Kier alpha value is -2.44. The van der Waals surface area contributed by atoms with Gasteiger partial charge in [-0.3, -0.25) is 14.8 Å². The zero-order valence-electron chi connectivity index (χ0n) is 14.5. The lowest BCUT2D eigenvalue weighted by Crippen LogP contribution is -2.43. The van der Waals surface area contributed by atoms with E-state index < -0.39 is 24.7 Å². The predicted molar refractivity (Wildman–Crippen MR) is 90.4 cm³/mol. The Kier molecular flexibility index (Phi) is 5.25. The molecule has 0 saturated carbocycles. The fourth-order valence-electron chi connectivity index (χ4n) is 3.40. The molecule has 1 amide bonds. The van der Waals surface area contributed by atoms with Crippen molar-refractivity contribution in [2.24, 2.45) is 0 Å². The van der Waals surface area contributed by atoms with Crippen LogP contribution in [0.1, 0.15) is 41.3 Å². The van der Waals surface area contributed by atoms with Gasteiger partial charge < -0.3 is 4.90 Å². The molecular formula is C19H20F3N3O. The zero-order chi connectivity index (χ0) is 18.7. The Morgan fingerprint density at radius 3 is 2.85 bits per heavy atom. The summed E-state index contributed by atoms with van der Waals surface area (Å²) in [6.45, 7) is 0.543. The van der Waals surface area contributed by atoms with Gasteiger partial charge >= 0.3 is 6.18 Å². The summed E-state index contributed by atoms with van der Waals surface area (Å²) in [5.74, 6) is -0.554. The summed E-state index contributed by atoms with van der Waals surface area (Å²) >= 11 is 0. The van der Waals surface area contributed by atoms with Gasteiger partial charge in [0.15, 0.2) is 0 Å². The second-order valence-corrected chi connectivity index (χ2v) is 6.57. The lowest BCUT2D eigenvalue weighted by atomic mass is 9.90. The second kappa shape index (κ2) is 7.43. The molecule has 7 heteroatoms. The van der Waals surface area contributed by atoms with E-state index in [-0.39, 0.29) is 6.42 Å². The minimum Gasteiger partial charge on any atom is -0.325 e. The van der Waals surface area contributed by atoms with E-state index in [1.807, 2.05) is 13.0 Å². The summed E-state index contributed by atoms with van der Waals surface area (Å²) < 4.78 is 39.6. The third kappa shape index (κ3) is 4.20. The SMILES string of the molecule is Cc1ccncc1CC(=O)N(CC(F)(F)F)C1CCCc2cccnc21. The molecule has 0 aromatic carbocycles. The van der Waals surface area contributed by atoms with Gasteiger partial charge in [-0.2, -0.15) is 13.2 Å². The monoisotopic (exact) mass is 363 g/mol. The van der Waals surface area contributed by atoms with E-state index in [1.165, 1.54) is 6.20 Å². The van der Waals surface area contributed by atoms with E-state index in [2.05, 4.69) is 9.97 Å². The third-order valence-corrected chi connectivity index (χ3v) is 4.70. The number of pyridine rings is 2. The van der Waals surface area contributed by atoms with E-state index in [4.69, 9.17) is 0 Å². The zero-order valence-corrected chi connectivity index (χ0v) is 14.5. The van der Waals surface area contributed by atoms with Crippen LogP contribution in [0.5, 0.6) is 0 Å². The second-order valence-electron chi connectivity index (χ2n) is 6.57. The van der Waals surface area contributed by atoms with Crippen molar-refractivity contribution in [1.82, 2.24) is 14.9 Å². The van der Waals surface area contributed by atoms with Gasteiger partial charge in [-0.1, -0.05) is 6.07 Å². The number of aromatic nitrogens is 2. The Balaban J connectivity index is 1.91. The van der Waals surface area contributed by atoms with Crippen molar-refractivity contribution < 1.29 is 18.0 Å². The molecule has 0 fully saturated rings. The standard InChI is InChI=1S/C19H20F3N3O/c1-13-7-9-23-11-15(13)10-17(26)25(12-19(20,21)22)16-6-2-4-14-5-3-8-24-18(14)16/h3,5,7-9,11,16H,2,4,6,10,12H2,1H3. The van der Waals surface area contributed by atoms with Crippen LogP contribution in [0.4, 0.5) is 13.2 Å². The highest BCUT2D eigenvalue weighted by Crippen LogP contribution is 2.35. The molecule has 1 aliphatic rings. The Morgan fingerprint density at radius 2 is 2.12 bits per heavy atom. The molecule has 2 heterocycles. The molecule has 0 N–H and O–H groups in total. The fraction of sp³-hybridized carbons (Fsp3) is 0.421. The normalized spacial score (nSPS) is 16.8. The molecule has 1 aliphatic carbocycles. The van der Waals surface area contributed by atoms with Crippen molar-refractivity contribution in [3.8, 4) is 0 Å². The van der Waals surface area contributed by atoms with Gasteiger partial charge in [0.25, 0.3) is 0 Å². The third-order valence-electron chi connectivity index (χ3n) is 4.70. The average Bonchev–Trinajstić information content (AvgIpc) is 2.60. The van der Waals surface area contributed by atoms with E-state index in [0.717, 1.165) is 28.9 Å². The summed E-state index contributed by atoms with van der Waals surface area (Å²) in [7, 11) is 0. The van der Waals surface area contributed by atoms with Crippen LogP contribution < -0.4 is 0 Å². The average molecular weight is 363 g/mol. The molecule has 0 spiro atoms. The van der Waals surface area contributed by atoms with Crippen molar-refractivity contribution in [3.63, 3.8) is 0 Å². The number of halogens is 3. The highest BCUT2D eigenvalue weighted by atomic mass is 19.4. The first kappa shape index (κ1) is 18.4. The summed E-state index contributed by atoms with van der Waals surface area (Å²) in [5, 5.41) is 0. The number of carbonyl (C=O) groups excluding carboxylic acids is 1. The van der Waals surface area contributed by atoms with Crippen LogP contribution in [-0.2, 0) is 17.6 Å². The van der Waals surface area contributed by atoms with Crippen molar-refractivity contribution in [3.05, 3.63) is 59.2 Å². The number of amides is 1. The molecule has 1 unspecified atom stereocenters. The van der Waals surface area contributed by atoms with Crippen molar-refractivity contribution in [2.75, 3.05) is 6.54 Å². The molecule has 4 nitrogen and oxygen atoms in total. The molecule has 3 rings (SSSR count). The van der Waals surface area contributed by atoms with Gasteiger partial charge in [0.1, 0.15) is 6.54 Å². The van der Waals surface area contributed by atoms with Crippen molar-refractivity contribution in [1.29, 1.82) is 0 Å².